The molecule has 0 fully saturated rings. The molecule has 0 unspecified atom stereocenters. The highest BCUT2D eigenvalue weighted by Gasteiger charge is 2.16. The summed E-state index contributed by atoms with van der Waals surface area (Å²) in [6, 6.07) is 0.578. The zero-order chi connectivity index (χ0) is 10.7. The molecule has 84 valence electrons. The molecule has 2 heterocycles. The molecule has 1 aromatic heterocycles. The van der Waals surface area contributed by atoms with Crippen molar-refractivity contribution in [2.45, 2.75) is 52.1 Å². The van der Waals surface area contributed by atoms with E-state index in [2.05, 4.69) is 33.9 Å². The molecular formula is C11H20N4. The first-order chi connectivity index (χ1) is 7.27. The maximum Gasteiger partial charge on any atom is 0.133 e. The van der Waals surface area contributed by atoms with Crippen molar-refractivity contribution in [3.05, 3.63) is 11.6 Å². The summed E-state index contributed by atoms with van der Waals surface area (Å²) in [6.45, 7) is 6.54. The van der Waals surface area contributed by atoms with E-state index in [9.17, 15) is 0 Å². The third-order valence-electron chi connectivity index (χ3n) is 2.82. The van der Waals surface area contributed by atoms with Crippen molar-refractivity contribution < 1.29 is 0 Å². The number of aromatic nitrogens is 3. The monoisotopic (exact) mass is 208 g/mol. The van der Waals surface area contributed by atoms with Crippen LogP contribution >= 0.6 is 0 Å². The van der Waals surface area contributed by atoms with E-state index in [-0.39, 0.29) is 0 Å². The van der Waals surface area contributed by atoms with E-state index < -0.39 is 0 Å². The molecule has 1 aliphatic rings. The number of rotatable bonds is 5. The summed E-state index contributed by atoms with van der Waals surface area (Å²) in [5.74, 6) is 2.36. The normalized spacial score (nSPS) is 14.9. The molecule has 0 aliphatic carbocycles. The van der Waals surface area contributed by atoms with Crippen LogP contribution in [0.5, 0.6) is 0 Å². The van der Waals surface area contributed by atoms with E-state index in [1.165, 1.54) is 18.1 Å². The Balaban J connectivity index is 1.79. The Labute approximate surface area is 91.1 Å². The smallest absolute Gasteiger partial charge is 0.133 e. The van der Waals surface area contributed by atoms with Gasteiger partial charge in [0.1, 0.15) is 11.6 Å². The molecule has 1 aliphatic heterocycles. The van der Waals surface area contributed by atoms with Crippen molar-refractivity contribution in [2.75, 3.05) is 6.54 Å². The molecule has 0 spiro atoms. The molecule has 0 amide bonds. The van der Waals surface area contributed by atoms with Crippen LogP contribution in [0.4, 0.5) is 0 Å². The van der Waals surface area contributed by atoms with Gasteiger partial charge in [0.15, 0.2) is 0 Å². The van der Waals surface area contributed by atoms with E-state index in [0.717, 1.165) is 32.4 Å². The standard InChI is InChI=1S/C11H20N4/c1-9(2)12-7-3-5-10-13-14-11-6-4-8-15(10)11/h9,12H,3-8H2,1-2H3. The van der Waals surface area contributed by atoms with Crippen molar-refractivity contribution in [3.8, 4) is 0 Å². The molecule has 0 bridgehead atoms. The van der Waals surface area contributed by atoms with Crippen LogP contribution in [-0.2, 0) is 19.4 Å². The van der Waals surface area contributed by atoms with Gasteiger partial charge in [0, 0.05) is 25.4 Å². The van der Waals surface area contributed by atoms with Crippen LogP contribution < -0.4 is 5.32 Å². The van der Waals surface area contributed by atoms with Gasteiger partial charge >= 0.3 is 0 Å². The van der Waals surface area contributed by atoms with Crippen molar-refractivity contribution >= 4 is 0 Å². The largest absolute Gasteiger partial charge is 0.315 e. The van der Waals surface area contributed by atoms with Gasteiger partial charge in [-0.3, -0.25) is 0 Å². The Morgan fingerprint density at radius 2 is 2.27 bits per heavy atom. The number of nitrogens with zero attached hydrogens (tertiary/aromatic N) is 3. The fourth-order valence-corrected chi connectivity index (χ4v) is 2.03. The van der Waals surface area contributed by atoms with Crippen molar-refractivity contribution in [1.82, 2.24) is 20.1 Å². The average Bonchev–Trinajstić information content (AvgIpc) is 2.74. The van der Waals surface area contributed by atoms with Gasteiger partial charge in [-0.1, -0.05) is 13.8 Å². The van der Waals surface area contributed by atoms with Gasteiger partial charge in [-0.05, 0) is 19.4 Å². The number of hydrogen-bond donors (Lipinski definition) is 1. The lowest BCUT2D eigenvalue weighted by molar-refractivity contribution is 0.558. The van der Waals surface area contributed by atoms with Crippen LogP contribution in [0.3, 0.4) is 0 Å². The predicted molar refractivity (Wildman–Crippen MR) is 59.8 cm³/mol. The summed E-state index contributed by atoms with van der Waals surface area (Å²) in [7, 11) is 0. The van der Waals surface area contributed by atoms with Crippen LogP contribution in [0, 0.1) is 0 Å². The van der Waals surface area contributed by atoms with Crippen molar-refractivity contribution in [2.24, 2.45) is 0 Å². The first kappa shape index (κ1) is 10.6. The topological polar surface area (TPSA) is 42.7 Å². The number of aryl methyl sites for hydroxylation is 2. The lowest BCUT2D eigenvalue weighted by atomic mass is 10.2. The van der Waals surface area contributed by atoms with E-state index in [4.69, 9.17) is 0 Å². The molecule has 1 N–H and O–H groups in total. The zero-order valence-electron chi connectivity index (χ0n) is 9.66. The fraction of sp³-hybridized carbons (Fsp3) is 0.818. The third-order valence-corrected chi connectivity index (χ3v) is 2.82. The van der Waals surface area contributed by atoms with Crippen LogP contribution in [0.1, 0.15) is 38.3 Å². The SMILES string of the molecule is CC(C)NCCCc1nnc2n1CCC2. The lowest BCUT2D eigenvalue weighted by Crippen LogP contribution is -2.24. The second kappa shape index (κ2) is 4.75. The fourth-order valence-electron chi connectivity index (χ4n) is 2.03. The Kier molecular flexibility index (Phi) is 3.36. The summed E-state index contributed by atoms with van der Waals surface area (Å²) in [5, 5.41) is 11.9. The van der Waals surface area contributed by atoms with Gasteiger partial charge in [0.25, 0.3) is 0 Å². The van der Waals surface area contributed by atoms with E-state index >= 15 is 0 Å². The van der Waals surface area contributed by atoms with E-state index in [1.54, 1.807) is 0 Å². The van der Waals surface area contributed by atoms with Gasteiger partial charge in [0.2, 0.25) is 0 Å². The highest BCUT2D eigenvalue weighted by atomic mass is 15.3. The van der Waals surface area contributed by atoms with Crippen LogP contribution in [-0.4, -0.2) is 27.4 Å². The molecular weight excluding hydrogens is 188 g/mol. The Morgan fingerprint density at radius 3 is 3.07 bits per heavy atom. The van der Waals surface area contributed by atoms with Gasteiger partial charge in [0.05, 0.1) is 0 Å². The molecule has 0 radical (unpaired) electrons. The maximum absolute atomic E-state index is 4.24. The Hall–Kier alpha value is -0.900. The van der Waals surface area contributed by atoms with Gasteiger partial charge in [-0.25, -0.2) is 0 Å². The highest BCUT2D eigenvalue weighted by Crippen LogP contribution is 2.14. The van der Waals surface area contributed by atoms with E-state index in [1.807, 2.05) is 0 Å². The van der Waals surface area contributed by atoms with Crippen LogP contribution in [0.2, 0.25) is 0 Å². The first-order valence-electron chi connectivity index (χ1n) is 5.91. The van der Waals surface area contributed by atoms with Crippen LogP contribution in [0.15, 0.2) is 0 Å². The first-order valence-corrected chi connectivity index (χ1v) is 5.91. The second-order valence-electron chi connectivity index (χ2n) is 4.50. The van der Waals surface area contributed by atoms with E-state index in [0.29, 0.717) is 6.04 Å². The molecule has 4 nitrogen and oxygen atoms in total. The average molecular weight is 208 g/mol. The molecule has 4 heteroatoms. The highest BCUT2D eigenvalue weighted by molar-refractivity contribution is 5.00. The lowest BCUT2D eigenvalue weighted by Gasteiger charge is -2.07. The summed E-state index contributed by atoms with van der Waals surface area (Å²) in [5.41, 5.74) is 0. The maximum atomic E-state index is 4.24. The predicted octanol–water partition coefficient (Wildman–Crippen LogP) is 1.15. The Bertz CT molecular complexity index is 316. The summed E-state index contributed by atoms with van der Waals surface area (Å²) in [6.07, 6.45) is 4.54. The minimum atomic E-state index is 0.578. The zero-order valence-corrected chi connectivity index (χ0v) is 9.66. The van der Waals surface area contributed by atoms with Crippen molar-refractivity contribution in [1.29, 1.82) is 0 Å². The molecule has 1 aromatic rings. The summed E-state index contributed by atoms with van der Waals surface area (Å²) in [4.78, 5) is 0. The molecule has 0 aromatic carbocycles. The van der Waals surface area contributed by atoms with Gasteiger partial charge < -0.3 is 9.88 Å². The Morgan fingerprint density at radius 1 is 1.40 bits per heavy atom. The minimum Gasteiger partial charge on any atom is -0.315 e. The molecule has 0 saturated carbocycles. The summed E-state index contributed by atoms with van der Waals surface area (Å²) >= 11 is 0. The number of fused-ring (bicyclic) bond motifs is 1. The molecule has 0 saturated heterocycles. The van der Waals surface area contributed by atoms with Crippen molar-refractivity contribution in [3.63, 3.8) is 0 Å². The van der Waals surface area contributed by atoms with Crippen LogP contribution in [0.25, 0.3) is 0 Å². The number of hydrogen-bond acceptors (Lipinski definition) is 3. The molecule has 2 rings (SSSR count). The number of nitrogens with one attached hydrogen (secondary N) is 1. The van der Waals surface area contributed by atoms with Gasteiger partial charge in [-0.2, -0.15) is 0 Å². The molecule has 15 heavy (non-hydrogen) atoms. The quantitative estimate of drug-likeness (QED) is 0.738. The minimum absolute atomic E-state index is 0.578. The van der Waals surface area contributed by atoms with Gasteiger partial charge in [-0.15, -0.1) is 10.2 Å². The third kappa shape index (κ3) is 2.56. The summed E-state index contributed by atoms with van der Waals surface area (Å²) < 4.78 is 2.29. The molecule has 0 atom stereocenters. The second-order valence-corrected chi connectivity index (χ2v) is 4.50.